The van der Waals surface area contributed by atoms with Crippen LogP contribution in [0.15, 0.2) is 53.3 Å². The zero-order valence-corrected chi connectivity index (χ0v) is 18.1. The summed E-state index contributed by atoms with van der Waals surface area (Å²) in [6.45, 7) is 3.24. The second-order valence-corrected chi connectivity index (χ2v) is 7.51. The molecule has 0 aliphatic carbocycles. The van der Waals surface area contributed by atoms with Gasteiger partial charge in [-0.3, -0.25) is 19.1 Å². The van der Waals surface area contributed by atoms with Crippen molar-refractivity contribution in [3.05, 3.63) is 80.2 Å². The molecular formula is C21H20Cl2N4O3. The second-order valence-electron chi connectivity index (χ2n) is 6.72. The highest BCUT2D eigenvalue weighted by Gasteiger charge is 2.23. The maximum atomic E-state index is 12.9. The van der Waals surface area contributed by atoms with Crippen molar-refractivity contribution in [1.82, 2.24) is 14.7 Å². The molecule has 3 aromatic rings. The zero-order valence-electron chi connectivity index (χ0n) is 16.6. The summed E-state index contributed by atoms with van der Waals surface area (Å²) < 4.78 is 3.11. The molecule has 1 atom stereocenters. The van der Waals surface area contributed by atoms with Gasteiger partial charge in [0.05, 0.1) is 27.0 Å². The summed E-state index contributed by atoms with van der Waals surface area (Å²) in [5, 5.41) is 5.54. The van der Waals surface area contributed by atoms with Crippen molar-refractivity contribution < 1.29 is 9.59 Å². The molecule has 1 aromatic heterocycles. The highest BCUT2D eigenvalue weighted by molar-refractivity contribution is 6.43. The number of nitrogens with one attached hydrogen (secondary N) is 2. The van der Waals surface area contributed by atoms with Gasteiger partial charge >= 0.3 is 0 Å². The fraction of sp³-hybridized carbons (Fsp3) is 0.190. The van der Waals surface area contributed by atoms with Crippen LogP contribution in [0.2, 0.25) is 10.0 Å². The number of halogens is 2. The standard InChI is InChI=1S/C21H20Cl2N4O3/c1-12(24-20(29)15-10-7-11-16(22)17(15)23)19(28)25-18-13(2)26(3)27(21(18)30)14-8-5-4-6-9-14/h4-12H,1-3H3,(H,24,29)(H,25,28). The molecule has 0 bridgehead atoms. The van der Waals surface area contributed by atoms with Gasteiger partial charge in [-0.05, 0) is 38.1 Å². The molecule has 2 N–H and O–H groups in total. The van der Waals surface area contributed by atoms with E-state index < -0.39 is 17.9 Å². The van der Waals surface area contributed by atoms with E-state index in [4.69, 9.17) is 23.2 Å². The lowest BCUT2D eigenvalue weighted by molar-refractivity contribution is -0.117. The van der Waals surface area contributed by atoms with Gasteiger partial charge in [0.2, 0.25) is 5.91 Å². The number of para-hydroxylation sites is 1. The van der Waals surface area contributed by atoms with Crippen LogP contribution in [0.1, 0.15) is 23.0 Å². The van der Waals surface area contributed by atoms with E-state index in [1.807, 2.05) is 18.2 Å². The predicted molar refractivity (Wildman–Crippen MR) is 118 cm³/mol. The highest BCUT2D eigenvalue weighted by Crippen LogP contribution is 2.25. The molecule has 1 unspecified atom stereocenters. The summed E-state index contributed by atoms with van der Waals surface area (Å²) in [6, 6.07) is 12.8. The molecule has 156 valence electrons. The van der Waals surface area contributed by atoms with Gasteiger partial charge in [-0.1, -0.05) is 47.5 Å². The first kappa shape index (κ1) is 21.7. The fourth-order valence-electron chi connectivity index (χ4n) is 2.96. The normalized spacial score (nSPS) is 11.8. The van der Waals surface area contributed by atoms with Crippen LogP contribution in [0.3, 0.4) is 0 Å². The number of anilines is 1. The van der Waals surface area contributed by atoms with Gasteiger partial charge in [0.1, 0.15) is 11.7 Å². The SMILES string of the molecule is Cc1c(NC(=O)C(C)NC(=O)c2cccc(Cl)c2Cl)c(=O)n(-c2ccccc2)n1C. The minimum atomic E-state index is -0.920. The molecule has 0 aliphatic rings. The van der Waals surface area contributed by atoms with Crippen LogP contribution < -0.4 is 16.2 Å². The van der Waals surface area contributed by atoms with Gasteiger partial charge < -0.3 is 10.6 Å². The number of nitrogens with zero attached hydrogens (tertiary/aromatic N) is 2. The van der Waals surface area contributed by atoms with Crippen molar-refractivity contribution in [3.63, 3.8) is 0 Å². The number of carbonyl (C=O) groups is 2. The molecule has 3 rings (SSSR count). The molecule has 0 saturated heterocycles. The Morgan fingerprint density at radius 1 is 1.03 bits per heavy atom. The molecule has 7 nitrogen and oxygen atoms in total. The summed E-state index contributed by atoms with van der Waals surface area (Å²) in [6.07, 6.45) is 0. The second kappa shape index (κ2) is 8.77. The number of aromatic nitrogens is 2. The van der Waals surface area contributed by atoms with E-state index in [1.165, 1.54) is 17.7 Å². The fourth-order valence-corrected chi connectivity index (χ4v) is 3.35. The summed E-state index contributed by atoms with van der Waals surface area (Å²) in [4.78, 5) is 38.0. The first-order chi connectivity index (χ1) is 14.2. The molecule has 30 heavy (non-hydrogen) atoms. The van der Waals surface area contributed by atoms with E-state index in [-0.39, 0.29) is 26.9 Å². The first-order valence-electron chi connectivity index (χ1n) is 9.12. The first-order valence-corrected chi connectivity index (χ1v) is 9.87. The third-order valence-corrected chi connectivity index (χ3v) is 5.56. The van der Waals surface area contributed by atoms with Crippen LogP contribution in [0, 0.1) is 6.92 Å². The molecule has 0 spiro atoms. The summed E-state index contributed by atoms with van der Waals surface area (Å²) in [5.41, 5.74) is 1.18. The van der Waals surface area contributed by atoms with E-state index in [2.05, 4.69) is 10.6 Å². The lowest BCUT2D eigenvalue weighted by atomic mass is 10.2. The number of benzene rings is 2. The van der Waals surface area contributed by atoms with Crippen LogP contribution in [0.5, 0.6) is 0 Å². The van der Waals surface area contributed by atoms with Crippen molar-refractivity contribution in [2.45, 2.75) is 19.9 Å². The summed E-state index contributed by atoms with van der Waals surface area (Å²) >= 11 is 12.0. The lowest BCUT2D eigenvalue weighted by Crippen LogP contribution is -2.42. The van der Waals surface area contributed by atoms with Crippen LogP contribution in [-0.2, 0) is 11.8 Å². The van der Waals surface area contributed by atoms with Gasteiger partial charge in [-0.2, -0.15) is 0 Å². The topological polar surface area (TPSA) is 85.1 Å². The molecule has 2 amide bonds. The number of hydrogen-bond donors (Lipinski definition) is 2. The van der Waals surface area contributed by atoms with Crippen LogP contribution in [-0.4, -0.2) is 27.2 Å². The van der Waals surface area contributed by atoms with Crippen molar-refractivity contribution in [1.29, 1.82) is 0 Å². The molecule has 0 aliphatic heterocycles. The largest absolute Gasteiger partial charge is 0.340 e. The lowest BCUT2D eigenvalue weighted by Gasteiger charge is -2.14. The molecule has 1 heterocycles. The Labute approximate surface area is 183 Å². The van der Waals surface area contributed by atoms with Gasteiger partial charge in [0.25, 0.3) is 11.5 Å². The maximum absolute atomic E-state index is 12.9. The quantitative estimate of drug-likeness (QED) is 0.628. The van der Waals surface area contributed by atoms with Gasteiger partial charge in [0.15, 0.2) is 0 Å². The van der Waals surface area contributed by atoms with Crippen molar-refractivity contribution in [2.75, 3.05) is 5.32 Å². The Hall–Kier alpha value is -3.03. The van der Waals surface area contributed by atoms with Gasteiger partial charge in [-0.25, -0.2) is 4.68 Å². The molecule has 9 heteroatoms. The van der Waals surface area contributed by atoms with E-state index in [0.29, 0.717) is 11.4 Å². The van der Waals surface area contributed by atoms with Gasteiger partial charge in [-0.15, -0.1) is 0 Å². The minimum Gasteiger partial charge on any atom is -0.340 e. The Kier molecular flexibility index (Phi) is 6.34. The zero-order chi connectivity index (χ0) is 22.0. The van der Waals surface area contributed by atoms with Crippen molar-refractivity contribution in [2.24, 2.45) is 7.05 Å². The highest BCUT2D eigenvalue weighted by atomic mass is 35.5. The number of carbonyl (C=O) groups excluding carboxylic acids is 2. The molecule has 0 radical (unpaired) electrons. The Morgan fingerprint density at radius 2 is 1.70 bits per heavy atom. The van der Waals surface area contributed by atoms with E-state index in [9.17, 15) is 14.4 Å². The Morgan fingerprint density at radius 3 is 2.37 bits per heavy atom. The van der Waals surface area contributed by atoms with Crippen LogP contribution in [0.4, 0.5) is 5.69 Å². The summed E-state index contributed by atoms with van der Waals surface area (Å²) in [5.74, 6) is -1.08. The van der Waals surface area contributed by atoms with Crippen molar-refractivity contribution in [3.8, 4) is 5.69 Å². The van der Waals surface area contributed by atoms with E-state index >= 15 is 0 Å². The average molecular weight is 447 g/mol. The Balaban J connectivity index is 1.80. The third kappa shape index (κ3) is 4.13. The number of hydrogen-bond acceptors (Lipinski definition) is 3. The minimum absolute atomic E-state index is 0.105. The smallest absolute Gasteiger partial charge is 0.295 e. The Bertz CT molecular complexity index is 1170. The molecule has 0 fully saturated rings. The molecule has 2 aromatic carbocycles. The van der Waals surface area contributed by atoms with E-state index in [0.717, 1.165) is 0 Å². The average Bonchev–Trinajstić information content (AvgIpc) is 2.93. The van der Waals surface area contributed by atoms with E-state index in [1.54, 1.807) is 42.9 Å². The van der Waals surface area contributed by atoms with Crippen molar-refractivity contribution >= 4 is 40.7 Å². The molecule has 0 saturated carbocycles. The van der Waals surface area contributed by atoms with Crippen LogP contribution >= 0.6 is 23.2 Å². The van der Waals surface area contributed by atoms with Crippen LogP contribution in [0.25, 0.3) is 5.69 Å². The predicted octanol–water partition coefficient (Wildman–Crippen LogP) is 3.55. The summed E-state index contributed by atoms with van der Waals surface area (Å²) in [7, 11) is 1.73. The molecular weight excluding hydrogens is 427 g/mol. The maximum Gasteiger partial charge on any atom is 0.295 e. The van der Waals surface area contributed by atoms with Gasteiger partial charge in [0, 0.05) is 7.05 Å². The monoisotopic (exact) mass is 446 g/mol. The third-order valence-electron chi connectivity index (χ3n) is 4.74. The number of rotatable bonds is 5. The number of amides is 2.